The van der Waals surface area contributed by atoms with Gasteiger partial charge in [-0.2, -0.15) is 0 Å². The van der Waals surface area contributed by atoms with E-state index in [0.717, 1.165) is 57.5 Å². The smallest absolute Gasteiger partial charge is 0.194 e. The molecule has 2 fully saturated rings. The number of nitrogens with one attached hydrogen (secondary N) is 1. The number of likely N-dealkylation sites (tertiary alicyclic amines) is 1. The number of aliphatic imine (C=N–C) groups is 1. The van der Waals surface area contributed by atoms with Gasteiger partial charge < -0.3 is 24.8 Å². The first kappa shape index (κ1) is 23.1. The highest BCUT2D eigenvalue weighted by atomic mass is 127. The molecule has 2 aliphatic rings. The minimum absolute atomic E-state index is 0. The zero-order chi connectivity index (χ0) is 19.1. The lowest BCUT2D eigenvalue weighted by Crippen LogP contribution is -2.52. The van der Waals surface area contributed by atoms with Gasteiger partial charge >= 0.3 is 0 Å². The first-order valence-electron chi connectivity index (χ1n) is 10.4. The monoisotopic (exact) mass is 501 g/mol. The quantitative estimate of drug-likeness (QED) is 0.369. The van der Waals surface area contributed by atoms with Crippen LogP contribution in [0.4, 0.5) is 5.69 Å². The Morgan fingerprint density at radius 2 is 1.82 bits per heavy atom. The number of halogens is 1. The third-order valence-electron chi connectivity index (χ3n) is 5.67. The van der Waals surface area contributed by atoms with Crippen LogP contribution in [0.15, 0.2) is 29.3 Å². The van der Waals surface area contributed by atoms with E-state index in [1.165, 1.54) is 25.2 Å². The predicted octanol–water partition coefficient (Wildman–Crippen LogP) is 2.74. The number of guanidine groups is 1. The van der Waals surface area contributed by atoms with E-state index in [2.05, 4.69) is 46.0 Å². The Bertz CT molecular complexity index is 601. The summed E-state index contributed by atoms with van der Waals surface area (Å²) in [4.78, 5) is 12.4. The second-order valence-corrected chi connectivity index (χ2v) is 7.41. The molecule has 1 N–H and O–H groups in total. The van der Waals surface area contributed by atoms with Gasteiger partial charge in [-0.25, -0.2) is 0 Å². The van der Waals surface area contributed by atoms with E-state index in [-0.39, 0.29) is 24.0 Å². The molecule has 158 valence electrons. The molecule has 2 aliphatic heterocycles. The van der Waals surface area contributed by atoms with Crippen LogP contribution in [0, 0.1) is 5.92 Å². The van der Waals surface area contributed by atoms with Crippen LogP contribution >= 0.6 is 24.0 Å². The van der Waals surface area contributed by atoms with Crippen molar-refractivity contribution in [1.82, 2.24) is 15.1 Å². The van der Waals surface area contributed by atoms with Gasteiger partial charge in [-0.1, -0.05) is 6.92 Å². The molecule has 0 amide bonds. The van der Waals surface area contributed by atoms with Crippen LogP contribution in [-0.2, 0) is 0 Å². The van der Waals surface area contributed by atoms with E-state index >= 15 is 0 Å². The third kappa shape index (κ3) is 6.14. The number of ether oxygens (including phenoxy) is 1. The summed E-state index contributed by atoms with van der Waals surface area (Å²) in [6.45, 7) is 13.9. The largest absolute Gasteiger partial charge is 0.497 e. The predicted molar refractivity (Wildman–Crippen MR) is 128 cm³/mol. The van der Waals surface area contributed by atoms with Crippen molar-refractivity contribution < 1.29 is 4.74 Å². The summed E-state index contributed by atoms with van der Waals surface area (Å²) >= 11 is 0. The number of methoxy groups -OCH3 is 1. The van der Waals surface area contributed by atoms with Crippen molar-refractivity contribution in [3.63, 3.8) is 0 Å². The van der Waals surface area contributed by atoms with Crippen molar-refractivity contribution in [3.05, 3.63) is 24.3 Å². The second kappa shape index (κ2) is 11.7. The Balaban J connectivity index is 0.00000280. The minimum Gasteiger partial charge on any atom is -0.497 e. The minimum atomic E-state index is 0. The molecule has 1 atom stereocenters. The molecule has 2 heterocycles. The van der Waals surface area contributed by atoms with Crippen LogP contribution in [0.3, 0.4) is 0 Å². The van der Waals surface area contributed by atoms with E-state index in [0.29, 0.717) is 5.92 Å². The fourth-order valence-electron chi connectivity index (χ4n) is 3.96. The molecule has 2 saturated heterocycles. The van der Waals surface area contributed by atoms with E-state index in [9.17, 15) is 0 Å². The highest BCUT2D eigenvalue weighted by Crippen LogP contribution is 2.21. The highest BCUT2D eigenvalue weighted by molar-refractivity contribution is 14.0. The Kier molecular flexibility index (Phi) is 9.64. The number of nitrogens with zero attached hydrogens (tertiary/aromatic N) is 4. The van der Waals surface area contributed by atoms with Gasteiger partial charge in [0, 0.05) is 51.5 Å². The van der Waals surface area contributed by atoms with Gasteiger partial charge in [0.2, 0.25) is 0 Å². The van der Waals surface area contributed by atoms with Gasteiger partial charge in [-0.15, -0.1) is 24.0 Å². The lowest BCUT2D eigenvalue weighted by atomic mass is 10.1. The van der Waals surface area contributed by atoms with Gasteiger partial charge in [0.25, 0.3) is 0 Å². The van der Waals surface area contributed by atoms with Crippen LogP contribution in [0.2, 0.25) is 0 Å². The van der Waals surface area contributed by atoms with Crippen LogP contribution < -0.4 is 15.0 Å². The molecule has 0 spiro atoms. The summed E-state index contributed by atoms with van der Waals surface area (Å²) in [6.07, 6.45) is 1.28. The average molecular weight is 501 g/mol. The van der Waals surface area contributed by atoms with Gasteiger partial charge in [0.05, 0.1) is 7.11 Å². The Morgan fingerprint density at radius 3 is 2.39 bits per heavy atom. The molecular formula is C21H36IN5O. The summed E-state index contributed by atoms with van der Waals surface area (Å²) in [7, 11) is 1.71. The highest BCUT2D eigenvalue weighted by Gasteiger charge is 2.23. The number of hydrogen-bond donors (Lipinski definition) is 1. The first-order valence-corrected chi connectivity index (χ1v) is 10.4. The number of anilines is 1. The van der Waals surface area contributed by atoms with Crippen molar-refractivity contribution >= 4 is 35.6 Å². The summed E-state index contributed by atoms with van der Waals surface area (Å²) in [6, 6.07) is 8.36. The molecule has 0 bridgehead atoms. The van der Waals surface area contributed by atoms with Crippen LogP contribution in [0.1, 0.15) is 20.3 Å². The fraction of sp³-hybridized carbons (Fsp3) is 0.667. The Morgan fingerprint density at radius 1 is 1.11 bits per heavy atom. The fourth-order valence-corrected chi connectivity index (χ4v) is 3.96. The van der Waals surface area contributed by atoms with Gasteiger partial charge in [0.15, 0.2) is 5.96 Å². The molecule has 0 radical (unpaired) electrons. The van der Waals surface area contributed by atoms with Gasteiger partial charge in [0.1, 0.15) is 5.75 Å². The van der Waals surface area contributed by atoms with Crippen LogP contribution in [0.25, 0.3) is 0 Å². The lowest BCUT2D eigenvalue weighted by molar-refractivity contribution is 0.342. The molecule has 6 nitrogen and oxygen atoms in total. The summed E-state index contributed by atoms with van der Waals surface area (Å²) < 4.78 is 5.26. The molecule has 0 aromatic heterocycles. The molecule has 1 aromatic rings. The summed E-state index contributed by atoms with van der Waals surface area (Å²) in [5.74, 6) is 2.70. The van der Waals surface area contributed by atoms with E-state index in [1.54, 1.807) is 7.11 Å². The Hall–Kier alpha value is -1.22. The average Bonchev–Trinajstić information content (AvgIpc) is 3.19. The van der Waals surface area contributed by atoms with Crippen molar-refractivity contribution in [3.8, 4) is 5.75 Å². The van der Waals surface area contributed by atoms with Gasteiger partial charge in [-0.3, -0.25) is 4.99 Å². The molecule has 7 heteroatoms. The number of piperazine rings is 1. The number of benzene rings is 1. The molecule has 3 rings (SSSR count). The maximum absolute atomic E-state index is 5.26. The van der Waals surface area contributed by atoms with E-state index in [4.69, 9.17) is 9.73 Å². The molecule has 28 heavy (non-hydrogen) atoms. The molecule has 0 saturated carbocycles. The zero-order valence-electron chi connectivity index (χ0n) is 17.6. The molecular weight excluding hydrogens is 465 g/mol. The molecule has 0 aliphatic carbocycles. The Labute approximate surface area is 187 Å². The van der Waals surface area contributed by atoms with Crippen molar-refractivity contribution in [2.75, 3.05) is 70.9 Å². The van der Waals surface area contributed by atoms with E-state index < -0.39 is 0 Å². The van der Waals surface area contributed by atoms with Crippen LogP contribution in [0.5, 0.6) is 5.75 Å². The third-order valence-corrected chi connectivity index (χ3v) is 5.67. The summed E-state index contributed by atoms with van der Waals surface area (Å²) in [5, 5.41) is 3.50. The van der Waals surface area contributed by atoms with Crippen molar-refractivity contribution in [2.45, 2.75) is 20.3 Å². The first-order chi connectivity index (χ1) is 13.2. The second-order valence-electron chi connectivity index (χ2n) is 7.41. The van der Waals surface area contributed by atoms with Crippen LogP contribution in [-0.4, -0.2) is 81.8 Å². The normalized spacial score (nSPS) is 20.8. The topological polar surface area (TPSA) is 43.3 Å². The zero-order valence-corrected chi connectivity index (χ0v) is 19.9. The SMILES string of the molecule is CCNC(=NCC1CCN(CC)C1)N1CCN(c2ccc(OC)cc2)CC1.I. The van der Waals surface area contributed by atoms with Gasteiger partial charge in [-0.05, 0) is 56.6 Å². The van der Waals surface area contributed by atoms with Crippen molar-refractivity contribution in [1.29, 1.82) is 0 Å². The number of hydrogen-bond acceptors (Lipinski definition) is 4. The van der Waals surface area contributed by atoms with E-state index in [1.807, 2.05) is 12.1 Å². The molecule has 1 unspecified atom stereocenters. The maximum Gasteiger partial charge on any atom is 0.194 e. The summed E-state index contributed by atoms with van der Waals surface area (Å²) in [5.41, 5.74) is 1.27. The maximum atomic E-state index is 5.26. The standard InChI is InChI=1S/C21H35N5O.HI/c1-4-22-21(23-16-18-10-11-24(5-2)17-18)26-14-12-25(13-15-26)19-6-8-20(27-3)9-7-19;/h6-9,18H,4-5,10-17H2,1-3H3,(H,22,23);1H. The molecule has 1 aromatic carbocycles. The lowest BCUT2D eigenvalue weighted by Gasteiger charge is -2.37. The van der Waals surface area contributed by atoms with Crippen molar-refractivity contribution in [2.24, 2.45) is 10.9 Å². The number of rotatable bonds is 6.